The van der Waals surface area contributed by atoms with E-state index in [9.17, 15) is 4.79 Å². The number of hydrogen-bond acceptors (Lipinski definition) is 4. The van der Waals surface area contributed by atoms with Crippen LogP contribution in [-0.2, 0) is 9.47 Å². The normalized spacial score (nSPS) is 35.1. The lowest BCUT2D eigenvalue weighted by Crippen LogP contribution is -2.55. The predicted octanol–water partition coefficient (Wildman–Crippen LogP) is 1.61. The van der Waals surface area contributed by atoms with Gasteiger partial charge in [-0.3, -0.25) is 0 Å². The second-order valence-electron chi connectivity index (χ2n) is 6.64. The lowest BCUT2D eigenvalue weighted by Gasteiger charge is -2.40. The zero-order valence-electron chi connectivity index (χ0n) is 12.4. The Kier molecular flexibility index (Phi) is 4.06. The number of amides is 1. The van der Waals surface area contributed by atoms with E-state index in [0.29, 0.717) is 31.5 Å². The molecule has 0 aromatic heterocycles. The number of morpholine rings is 1. The van der Waals surface area contributed by atoms with Gasteiger partial charge in [-0.1, -0.05) is 0 Å². The van der Waals surface area contributed by atoms with Gasteiger partial charge in [0.05, 0.1) is 18.8 Å². The highest BCUT2D eigenvalue weighted by Gasteiger charge is 2.50. The molecule has 5 heteroatoms. The zero-order valence-corrected chi connectivity index (χ0v) is 12.4. The van der Waals surface area contributed by atoms with Crippen molar-refractivity contribution in [3.8, 4) is 0 Å². The van der Waals surface area contributed by atoms with E-state index in [-0.39, 0.29) is 18.2 Å². The van der Waals surface area contributed by atoms with Gasteiger partial charge in [0.1, 0.15) is 5.60 Å². The Balaban J connectivity index is 2.05. The van der Waals surface area contributed by atoms with Crippen molar-refractivity contribution in [2.75, 3.05) is 19.7 Å². The lowest BCUT2D eigenvalue weighted by atomic mass is 10.0. The fourth-order valence-corrected chi connectivity index (χ4v) is 2.91. The van der Waals surface area contributed by atoms with Crippen LogP contribution in [0.5, 0.6) is 0 Å². The highest BCUT2D eigenvalue weighted by atomic mass is 16.6. The van der Waals surface area contributed by atoms with Gasteiger partial charge in [0.15, 0.2) is 0 Å². The van der Waals surface area contributed by atoms with Crippen LogP contribution in [0, 0.1) is 11.8 Å². The summed E-state index contributed by atoms with van der Waals surface area (Å²) in [5.41, 5.74) is 5.27. The number of hydrogen-bond donors (Lipinski definition) is 1. The maximum absolute atomic E-state index is 12.3. The number of nitrogens with zero attached hydrogens (tertiary/aromatic N) is 1. The maximum Gasteiger partial charge on any atom is 0.410 e. The van der Waals surface area contributed by atoms with Crippen LogP contribution in [0.1, 0.15) is 34.1 Å². The topological polar surface area (TPSA) is 64.8 Å². The van der Waals surface area contributed by atoms with E-state index < -0.39 is 5.60 Å². The molecule has 0 radical (unpaired) electrons. The van der Waals surface area contributed by atoms with Crippen molar-refractivity contribution in [2.45, 2.75) is 51.9 Å². The number of ether oxygens (including phenoxy) is 2. The Morgan fingerprint density at radius 2 is 2.16 bits per heavy atom. The minimum Gasteiger partial charge on any atom is -0.444 e. The molecule has 19 heavy (non-hydrogen) atoms. The Bertz CT molecular complexity index is 340. The molecule has 4 atom stereocenters. The van der Waals surface area contributed by atoms with Gasteiger partial charge in [-0.25, -0.2) is 4.79 Å². The van der Waals surface area contributed by atoms with Gasteiger partial charge in [-0.05, 0) is 52.5 Å². The highest BCUT2D eigenvalue weighted by Crippen LogP contribution is 2.44. The molecule has 1 saturated carbocycles. The van der Waals surface area contributed by atoms with Gasteiger partial charge in [-0.15, -0.1) is 0 Å². The van der Waals surface area contributed by atoms with Crippen LogP contribution >= 0.6 is 0 Å². The Hall–Kier alpha value is -0.810. The summed E-state index contributed by atoms with van der Waals surface area (Å²) in [6.45, 7) is 9.59. The third-order valence-electron chi connectivity index (χ3n) is 3.90. The summed E-state index contributed by atoms with van der Waals surface area (Å²) in [6, 6.07) is 0.108. The first-order chi connectivity index (χ1) is 8.83. The van der Waals surface area contributed by atoms with Crippen molar-refractivity contribution in [3.63, 3.8) is 0 Å². The van der Waals surface area contributed by atoms with Crippen LogP contribution in [0.4, 0.5) is 4.79 Å². The smallest absolute Gasteiger partial charge is 0.410 e. The summed E-state index contributed by atoms with van der Waals surface area (Å²) in [7, 11) is 0. The van der Waals surface area contributed by atoms with Crippen molar-refractivity contribution < 1.29 is 14.3 Å². The first-order valence-corrected chi connectivity index (χ1v) is 7.15. The fraction of sp³-hybridized carbons (Fsp3) is 0.929. The quantitative estimate of drug-likeness (QED) is 0.828. The van der Waals surface area contributed by atoms with Crippen LogP contribution in [-0.4, -0.2) is 48.4 Å². The van der Waals surface area contributed by atoms with Gasteiger partial charge < -0.3 is 20.1 Å². The molecule has 2 aliphatic rings. The highest BCUT2D eigenvalue weighted by molar-refractivity contribution is 5.69. The predicted molar refractivity (Wildman–Crippen MR) is 72.8 cm³/mol. The van der Waals surface area contributed by atoms with Crippen molar-refractivity contribution in [1.29, 1.82) is 0 Å². The second-order valence-corrected chi connectivity index (χ2v) is 6.64. The molecule has 1 saturated heterocycles. The summed E-state index contributed by atoms with van der Waals surface area (Å²) >= 11 is 0. The van der Waals surface area contributed by atoms with Crippen LogP contribution in [0.25, 0.3) is 0 Å². The van der Waals surface area contributed by atoms with Crippen LogP contribution in [0.15, 0.2) is 0 Å². The summed E-state index contributed by atoms with van der Waals surface area (Å²) < 4.78 is 11.2. The monoisotopic (exact) mass is 270 g/mol. The van der Waals surface area contributed by atoms with E-state index >= 15 is 0 Å². The molecule has 2 rings (SSSR count). The molecule has 1 unspecified atom stereocenters. The van der Waals surface area contributed by atoms with Gasteiger partial charge >= 0.3 is 6.09 Å². The number of carbonyl (C=O) groups is 1. The Labute approximate surface area is 115 Å². The van der Waals surface area contributed by atoms with Crippen molar-refractivity contribution in [1.82, 2.24) is 4.90 Å². The summed E-state index contributed by atoms with van der Waals surface area (Å²) in [4.78, 5) is 14.2. The van der Waals surface area contributed by atoms with Crippen LogP contribution < -0.4 is 5.73 Å². The molecule has 0 aromatic carbocycles. The average molecular weight is 270 g/mol. The third kappa shape index (κ3) is 3.39. The van der Waals surface area contributed by atoms with Gasteiger partial charge in [0.25, 0.3) is 0 Å². The largest absolute Gasteiger partial charge is 0.444 e. The van der Waals surface area contributed by atoms with E-state index in [4.69, 9.17) is 15.2 Å². The van der Waals surface area contributed by atoms with Crippen LogP contribution in [0.2, 0.25) is 0 Å². The second kappa shape index (κ2) is 5.29. The first-order valence-electron chi connectivity index (χ1n) is 7.15. The summed E-state index contributed by atoms with van der Waals surface area (Å²) in [5.74, 6) is 0.993. The minimum absolute atomic E-state index is 0.0582. The van der Waals surface area contributed by atoms with Crippen LogP contribution in [0.3, 0.4) is 0 Å². The minimum atomic E-state index is -0.458. The molecule has 0 aromatic rings. The molecule has 1 aliphatic carbocycles. The number of carbonyl (C=O) groups excluding carboxylic acids is 1. The first kappa shape index (κ1) is 14.6. The molecular formula is C14H26N2O3. The molecule has 5 nitrogen and oxygen atoms in total. The molecular weight excluding hydrogens is 244 g/mol. The molecule has 1 amide bonds. The average Bonchev–Trinajstić information content (AvgIpc) is 3.05. The molecule has 110 valence electrons. The van der Waals surface area contributed by atoms with E-state index in [1.807, 2.05) is 32.6 Å². The molecule has 2 fully saturated rings. The summed E-state index contributed by atoms with van der Waals surface area (Å²) in [6.07, 6.45) is 0.923. The van der Waals surface area contributed by atoms with Gasteiger partial charge in [-0.2, -0.15) is 0 Å². The van der Waals surface area contributed by atoms with E-state index in [1.54, 1.807) is 0 Å². The molecule has 0 spiro atoms. The van der Waals surface area contributed by atoms with E-state index in [1.165, 1.54) is 0 Å². The van der Waals surface area contributed by atoms with Crippen molar-refractivity contribution in [3.05, 3.63) is 0 Å². The fourth-order valence-electron chi connectivity index (χ4n) is 2.91. The van der Waals surface area contributed by atoms with E-state index in [2.05, 4.69) is 0 Å². The number of rotatable bonds is 2. The Morgan fingerprint density at radius 1 is 1.47 bits per heavy atom. The third-order valence-corrected chi connectivity index (χ3v) is 3.90. The van der Waals surface area contributed by atoms with Crippen molar-refractivity contribution >= 4 is 6.09 Å². The van der Waals surface area contributed by atoms with Gasteiger partial charge in [0.2, 0.25) is 0 Å². The molecule has 0 bridgehead atoms. The standard InChI is InChI=1S/C14H26N2O3/c1-9-12(11-7-10(11)8-15)16(5-6-18-9)13(17)19-14(2,3)4/h9-12H,5-8,15H2,1-4H3/t9-,10+,11-,12?/m1/s1. The molecule has 1 aliphatic heterocycles. The van der Waals surface area contributed by atoms with E-state index in [0.717, 1.165) is 6.42 Å². The summed E-state index contributed by atoms with van der Waals surface area (Å²) in [5, 5.41) is 0. The van der Waals surface area contributed by atoms with Gasteiger partial charge in [0, 0.05) is 6.54 Å². The molecule has 2 N–H and O–H groups in total. The lowest BCUT2D eigenvalue weighted by molar-refractivity contribution is -0.0755. The Morgan fingerprint density at radius 3 is 2.68 bits per heavy atom. The van der Waals surface area contributed by atoms with Crippen molar-refractivity contribution in [2.24, 2.45) is 17.6 Å². The molecule has 1 heterocycles. The maximum atomic E-state index is 12.3. The zero-order chi connectivity index (χ0) is 14.2. The number of nitrogens with two attached hydrogens (primary N) is 1. The SMILES string of the molecule is C[C@H]1OCCN(C(=O)OC(C)(C)C)C1[C@@H]1C[C@H]1CN.